The zero-order valence-corrected chi connectivity index (χ0v) is 11.7. The van der Waals surface area contributed by atoms with Gasteiger partial charge in [-0.05, 0) is 6.07 Å². The molecule has 0 amide bonds. The maximum atomic E-state index is 9.32. The van der Waals surface area contributed by atoms with Gasteiger partial charge >= 0.3 is 0 Å². The van der Waals surface area contributed by atoms with Crippen molar-refractivity contribution in [2.45, 2.75) is 19.0 Å². The summed E-state index contributed by atoms with van der Waals surface area (Å²) in [5.74, 6) is 5.96. The second kappa shape index (κ2) is 7.63. The Bertz CT molecular complexity index is 449. The van der Waals surface area contributed by atoms with Crippen LogP contribution in [0.1, 0.15) is 16.9 Å². The number of rotatable bonds is 4. The molecule has 104 valence electrons. The number of aliphatic hydroxyl groups is 2. The van der Waals surface area contributed by atoms with Crippen LogP contribution < -0.4 is 0 Å². The van der Waals surface area contributed by atoms with Crippen molar-refractivity contribution < 1.29 is 14.9 Å². The van der Waals surface area contributed by atoms with E-state index in [9.17, 15) is 5.11 Å². The first-order valence-corrected chi connectivity index (χ1v) is 7.31. The van der Waals surface area contributed by atoms with E-state index in [1.807, 2.05) is 5.38 Å². The number of ether oxygens (including phenoxy) is 1. The predicted molar refractivity (Wildman–Crippen MR) is 75.0 cm³/mol. The van der Waals surface area contributed by atoms with E-state index in [0.29, 0.717) is 13.0 Å². The minimum Gasteiger partial charge on any atom is -0.395 e. The summed E-state index contributed by atoms with van der Waals surface area (Å²) in [6.45, 7) is 3.26. The van der Waals surface area contributed by atoms with E-state index in [4.69, 9.17) is 9.84 Å². The van der Waals surface area contributed by atoms with Gasteiger partial charge in [0.15, 0.2) is 0 Å². The number of hydrogen-bond acceptors (Lipinski definition) is 5. The van der Waals surface area contributed by atoms with Crippen LogP contribution in [0.25, 0.3) is 0 Å². The highest BCUT2D eigenvalue weighted by molar-refractivity contribution is 7.10. The maximum Gasteiger partial charge on any atom is 0.0645 e. The molecule has 0 aromatic carbocycles. The van der Waals surface area contributed by atoms with E-state index in [0.717, 1.165) is 25.3 Å². The third kappa shape index (κ3) is 4.30. The van der Waals surface area contributed by atoms with Crippen LogP contribution in [0.5, 0.6) is 0 Å². The zero-order valence-electron chi connectivity index (χ0n) is 10.8. The van der Waals surface area contributed by atoms with Crippen LogP contribution in [-0.2, 0) is 11.3 Å². The minimum atomic E-state index is 0.0970. The minimum absolute atomic E-state index is 0.0970. The molecule has 1 fully saturated rings. The van der Waals surface area contributed by atoms with Gasteiger partial charge in [0, 0.05) is 35.3 Å². The Morgan fingerprint density at radius 1 is 1.47 bits per heavy atom. The quantitative estimate of drug-likeness (QED) is 0.797. The van der Waals surface area contributed by atoms with Crippen molar-refractivity contribution in [2.75, 3.05) is 33.0 Å². The first kappa shape index (κ1) is 14.5. The lowest BCUT2D eigenvalue weighted by Crippen LogP contribution is -2.46. The second-order valence-electron chi connectivity index (χ2n) is 4.46. The lowest BCUT2D eigenvalue weighted by atomic mass is 10.2. The van der Waals surface area contributed by atoms with Crippen molar-refractivity contribution in [3.05, 3.63) is 21.9 Å². The molecule has 1 unspecified atom stereocenters. The Morgan fingerprint density at radius 3 is 3.16 bits per heavy atom. The van der Waals surface area contributed by atoms with E-state index in [-0.39, 0.29) is 19.3 Å². The largest absolute Gasteiger partial charge is 0.395 e. The molecule has 2 heterocycles. The Hall–Kier alpha value is -0.900. The molecule has 1 aliphatic rings. The van der Waals surface area contributed by atoms with Crippen molar-refractivity contribution in [2.24, 2.45) is 0 Å². The molecule has 0 spiro atoms. The van der Waals surface area contributed by atoms with Crippen LogP contribution in [0.3, 0.4) is 0 Å². The standard InChI is InChI=1S/C14H19NO3S/c16-5-2-1-3-12-7-14(19-11-12)8-15-4-6-18-10-13(15)9-17/h7,11,13,16-17H,2,4-6,8-10H2. The van der Waals surface area contributed by atoms with E-state index < -0.39 is 0 Å². The molecule has 0 aliphatic carbocycles. The van der Waals surface area contributed by atoms with Crippen LogP contribution in [-0.4, -0.2) is 54.1 Å². The predicted octanol–water partition coefficient (Wildman–Crippen LogP) is 0.675. The smallest absolute Gasteiger partial charge is 0.0645 e. The second-order valence-corrected chi connectivity index (χ2v) is 5.45. The van der Waals surface area contributed by atoms with Gasteiger partial charge in [0.1, 0.15) is 0 Å². The Kier molecular flexibility index (Phi) is 5.83. The number of morpholine rings is 1. The van der Waals surface area contributed by atoms with Gasteiger partial charge in [0.05, 0.1) is 32.5 Å². The lowest BCUT2D eigenvalue weighted by Gasteiger charge is -2.33. The van der Waals surface area contributed by atoms with Crippen LogP contribution in [0.2, 0.25) is 0 Å². The molecule has 5 heteroatoms. The lowest BCUT2D eigenvalue weighted by molar-refractivity contribution is -0.0308. The van der Waals surface area contributed by atoms with Crippen molar-refractivity contribution in [3.8, 4) is 11.8 Å². The molecule has 2 rings (SSSR count). The molecule has 1 aliphatic heterocycles. The van der Waals surface area contributed by atoms with Gasteiger partial charge in [-0.15, -0.1) is 11.3 Å². The van der Waals surface area contributed by atoms with Crippen molar-refractivity contribution in [1.82, 2.24) is 4.90 Å². The number of nitrogens with zero attached hydrogens (tertiary/aromatic N) is 1. The highest BCUT2D eigenvalue weighted by atomic mass is 32.1. The molecule has 1 atom stereocenters. The summed E-state index contributed by atoms with van der Waals surface area (Å²) in [7, 11) is 0. The average molecular weight is 281 g/mol. The van der Waals surface area contributed by atoms with Crippen LogP contribution in [0.15, 0.2) is 11.4 Å². The molecule has 1 saturated heterocycles. The average Bonchev–Trinajstić information content (AvgIpc) is 2.87. The summed E-state index contributed by atoms with van der Waals surface area (Å²) >= 11 is 1.68. The molecule has 2 N–H and O–H groups in total. The van der Waals surface area contributed by atoms with Gasteiger partial charge < -0.3 is 14.9 Å². The molecule has 0 radical (unpaired) electrons. The van der Waals surface area contributed by atoms with Gasteiger partial charge in [-0.3, -0.25) is 4.90 Å². The van der Waals surface area contributed by atoms with Crippen molar-refractivity contribution >= 4 is 11.3 Å². The number of aliphatic hydroxyl groups excluding tert-OH is 2. The Labute approximate surface area is 117 Å². The summed E-state index contributed by atoms with van der Waals surface area (Å²) in [6, 6.07) is 2.18. The highest BCUT2D eigenvalue weighted by Gasteiger charge is 2.22. The zero-order chi connectivity index (χ0) is 13.5. The van der Waals surface area contributed by atoms with Crippen LogP contribution in [0, 0.1) is 11.8 Å². The van der Waals surface area contributed by atoms with E-state index in [2.05, 4.69) is 22.8 Å². The third-order valence-electron chi connectivity index (χ3n) is 3.04. The molecule has 0 saturated carbocycles. The van der Waals surface area contributed by atoms with Crippen LogP contribution >= 0.6 is 11.3 Å². The maximum absolute atomic E-state index is 9.32. The van der Waals surface area contributed by atoms with Gasteiger partial charge in [0.2, 0.25) is 0 Å². The van der Waals surface area contributed by atoms with Gasteiger partial charge in [-0.1, -0.05) is 11.8 Å². The summed E-state index contributed by atoms with van der Waals surface area (Å²) in [5, 5.41) is 20.0. The first-order chi connectivity index (χ1) is 9.33. The van der Waals surface area contributed by atoms with Crippen molar-refractivity contribution in [3.63, 3.8) is 0 Å². The molecule has 1 aromatic heterocycles. The van der Waals surface area contributed by atoms with Gasteiger partial charge in [0.25, 0.3) is 0 Å². The Morgan fingerprint density at radius 2 is 2.37 bits per heavy atom. The summed E-state index contributed by atoms with van der Waals surface area (Å²) in [6.07, 6.45) is 0.515. The fourth-order valence-electron chi connectivity index (χ4n) is 2.02. The fraction of sp³-hybridized carbons (Fsp3) is 0.571. The summed E-state index contributed by atoms with van der Waals surface area (Å²) in [4.78, 5) is 3.49. The van der Waals surface area contributed by atoms with Crippen molar-refractivity contribution in [1.29, 1.82) is 0 Å². The molecule has 0 bridgehead atoms. The van der Waals surface area contributed by atoms with E-state index in [1.54, 1.807) is 11.3 Å². The summed E-state index contributed by atoms with van der Waals surface area (Å²) in [5.41, 5.74) is 1.00. The topological polar surface area (TPSA) is 52.9 Å². The molecule has 1 aromatic rings. The van der Waals surface area contributed by atoms with E-state index in [1.165, 1.54) is 4.88 Å². The van der Waals surface area contributed by atoms with Crippen LogP contribution in [0.4, 0.5) is 0 Å². The fourth-order valence-corrected chi connectivity index (χ4v) is 2.86. The normalized spacial score (nSPS) is 20.0. The SMILES string of the molecule is OCCC#Cc1csc(CN2CCOCC2CO)c1. The molecule has 19 heavy (non-hydrogen) atoms. The Balaban J connectivity index is 1.93. The number of hydrogen-bond donors (Lipinski definition) is 2. The highest BCUT2D eigenvalue weighted by Crippen LogP contribution is 2.18. The third-order valence-corrected chi connectivity index (χ3v) is 3.96. The molecule has 4 nitrogen and oxygen atoms in total. The molecular weight excluding hydrogens is 262 g/mol. The monoisotopic (exact) mass is 281 g/mol. The first-order valence-electron chi connectivity index (χ1n) is 6.43. The van der Waals surface area contributed by atoms with E-state index >= 15 is 0 Å². The summed E-state index contributed by atoms with van der Waals surface area (Å²) < 4.78 is 5.37. The molecular formula is C14H19NO3S. The number of thiophene rings is 1. The van der Waals surface area contributed by atoms with Gasteiger partial charge in [-0.2, -0.15) is 0 Å². The van der Waals surface area contributed by atoms with Gasteiger partial charge in [-0.25, -0.2) is 0 Å².